The molecular weight excluding hydrogens is 396 g/mol. The summed E-state index contributed by atoms with van der Waals surface area (Å²) >= 11 is 0. The Morgan fingerprint density at radius 3 is 2.90 bits per heavy atom. The summed E-state index contributed by atoms with van der Waals surface area (Å²) in [5, 5.41) is 3.80. The normalized spacial score (nSPS) is 14.0. The summed E-state index contributed by atoms with van der Waals surface area (Å²) in [5.41, 5.74) is 2.47. The maximum absolute atomic E-state index is 12.8. The first-order valence-corrected chi connectivity index (χ1v) is 10.1. The molecule has 3 aromatic rings. The monoisotopic (exact) mass is 420 g/mol. The average Bonchev–Trinajstić information content (AvgIpc) is 3.26. The molecule has 1 aliphatic heterocycles. The van der Waals surface area contributed by atoms with Crippen LogP contribution in [-0.2, 0) is 16.6 Å². The van der Waals surface area contributed by atoms with Crippen molar-refractivity contribution < 1.29 is 23.8 Å². The molecule has 0 radical (unpaired) electrons. The Morgan fingerprint density at radius 1 is 1.23 bits per heavy atom. The van der Waals surface area contributed by atoms with Gasteiger partial charge in [0.1, 0.15) is 11.5 Å². The topological polar surface area (TPSA) is 78.8 Å². The van der Waals surface area contributed by atoms with Gasteiger partial charge in [-0.2, -0.15) is 0 Å². The summed E-state index contributed by atoms with van der Waals surface area (Å²) in [6.07, 6.45) is 4.47. The number of hydrogen-bond acceptors (Lipinski definition) is 5. The van der Waals surface area contributed by atoms with Crippen molar-refractivity contribution in [2.45, 2.75) is 6.42 Å². The molecule has 1 amide bonds. The van der Waals surface area contributed by atoms with Gasteiger partial charge in [0.15, 0.2) is 12.4 Å². The van der Waals surface area contributed by atoms with E-state index >= 15 is 0 Å². The lowest BCUT2D eigenvalue weighted by Gasteiger charge is -2.08. The number of ketones is 1. The molecule has 1 aromatic heterocycles. The van der Waals surface area contributed by atoms with Gasteiger partial charge < -0.3 is 24.1 Å². The summed E-state index contributed by atoms with van der Waals surface area (Å²) in [7, 11) is 3.59. The molecule has 0 saturated carbocycles. The third-order valence-corrected chi connectivity index (χ3v) is 5.07. The fourth-order valence-corrected chi connectivity index (χ4v) is 3.53. The van der Waals surface area contributed by atoms with Gasteiger partial charge in [0.2, 0.25) is 5.78 Å². The zero-order valence-electron chi connectivity index (χ0n) is 17.5. The Balaban J connectivity index is 1.44. The van der Waals surface area contributed by atoms with Gasteiger partial charge in [-0.3, -0.25) is 9.59 Å². The maximum Gasteiger partial charge on any atom is 0.257 e. The van der Waals surface area contributed by atoms with Crippen LogP contribution in [-0.4, -0.2) is 43.1 Å². The van der Waals surface area contributed by atoms with Crippen LogP contribution >= 0.6 is 0 Å². The number of nitrogens with zero attached hydrogens (tertiary/aromatic N) is 1. The largest absolute Gasteiger partial charge is 0.484 e. The molecule has 4 rings (SSSR count). The first-order valence-electron chi connectivity index (χ1n) is 10.1. The molecule has 0 unspecified atom stereocenters. The van der Waals surface area contributed by atoms with E-state index in [9.17, 15) is 9.59 Å². The molecule has 0 fully saturated rings. The number of allylic oxidation sites excluding steroid dienone is 1. The summed E-state index contributed by atoms with van der Waals surface area (Å²) in [5.74, 6) is 0.759. The van der Waals surface area contributed by atoms with E-state index < -0.39 is 0 Å². The Labute approximate surface area is 180 Å². The van der Waals surface area contributed by atoms with Crippen LogP contribution in [0.1, 0.15) is 22.3 Å². The average molecular weight is 420 g/mol. The summed E-state index contributed by atoms with van der Waals surface area (Å²) in [6.45, 7) is 1.00. The number of aromatic nitrogens is 1. The van der Waals surface area contributed by atoms with Crippen LogP contribution in [0.3, 0.4) is 0 Å². The fraction of sp³-hybridized carbons (Fsp3) is 0.250. The number of aryl methyl sites for hydroxylation is 1. The SMILES string of the molecule is COCCCNC(=O)COc1ccc2c(c1)OC(=Cc1cn(C)c3ccccc13)C2=O. The smallest absolute Gasteiger partial charge is 0.257 e. The van der Waals surface area contributed by atoms with Crippen molar-refractivity contribution >= 4 is 28.7 Å². The number of methoxy groups -OCH3 is 1. The van der Waals surface area contributed by atoms with Crippen LogP contribution in [0.5, 0.6) is 11.5 Å². The van der Waals surface area contributed by atoms with Gasteiger partial charge in [0, 0.05) is 56.0 Å². The highest BCUT2D eigenvalue weighted by Crippen LogP contribution is 2.35. The predicted octanol–water partition coefficient (Wildman–Crippen LogP) is 3.33. The minimum absolute atomic E-state index is 0.113. The molecule has 0 saturated heterocycles. The van der Waals surface area contributed by atoms with E-state index in [2.05, 4.69) is 5.32 Å². The number of nitrogens with one attached hydrogen (secondary N) is 1. The number of Topliss-reactive ketones (excluding diaryl/α,β-unsaturated/α-hetero) is 1. The molecule has 0 aliphatic carbocycles. The van der Waals surface area contributed by atoms with Gasteiger partial charge in [-0.15, -0.1) is 0 Å². The minimum Gasteiger partial charge on any atom is -0.484 e. The second kappa shape index (κ2) is 9.06. The molecule has 1 N–H and O–H groups in total. The zero-order chi connectivity index (χ0) is 21.8. The highest BCUT2D eigenvalue weighted by molar-refractivity contribution is 6.15. The van der Waals surface area contributed by atoms with Crippen molar-refractivity contribution in [1.82, 2.24) is 9.88 Å². The lowest BCUT2D eigenvalue weighted by atomic mass is 10.1. The van der Waals surface area contributed by atoms with Crippen LogP contribution in [0.2, 0.25) is 0 Å². The molecule has 7 nitrogen and oxygen atoms in total. The number of carbonyl (C=O) groups excluding carboxylic acids is 2. The number of fused-ring (bicyclic) bond motifs is 2. The molecule has 2 aromatic carbocycles. The van der Waals surface area contributed by atoms with Crippen LogP contribution in [0, 0.1) is 0 Å². The standard InChI is InChI=1S/C24H24N2O5/c1-26-14-16(18-6-3-4-7-20(18)26)12-22-24(28)19-9-8-17(13-21(19)31-22)30-15-23(27)25-10-5-11-29-2/h3-4,6-9,12-14H,5,10-11,15H2,1-2H3,(H,25,27). The van der Waals surface area contributed by atoms with Crippen molar-refractivity contribution in [2.24, 2.45) is 7.05 Å². The van der Waals surface area contributed by atoms with Crippen LogP contribution in [0.15, 0.2) is 54.4 Å². The molecular formula is C24H24N2O5. The number of rotatable bonds is 8. The van der Waals surface area contributed by atoms with E-state index in [-0.39, 0.29) is 24.1 Å². The number of benzene rings is 2. The van der Waals surface area contributed by atoms with E-state index in [1.807, 2.05) is 42.1 Å². The molecule has 0 atom stereocenters. The number of carbonyl (C=O) groups is 2. The van der Waals surface area contributed by atoms with Crippen molar-refractivity contribution in [3.05, 3.63) is 65.5 Å². The maximum atomic E-state index is 12.8. The van der Waals surface area contributed by atoms with E-state index in [0.29, 0.717) is 30.2 Å². The summed E-state index contributed by atoms with van der Waals surface area (Å²) < 4.78 is 18.3. The van der Waals surface area contributed by atoms with Crippen molar-refractivity contribution in [2.75, 3.05) is 26.9 Å². The fourth-order valence-electron chi connectivity index (χ4n) is 3.53. The van der Waals surface area contributed by atoms with Gasteiger partial charge >= 0.3 is 0 Å². The molecule has 31 heavy (non-hydrogen) atoms. The highest BCUT2D eigenvalue weighted by Gasteiger charge is 2.28. The Bertz CT molecular complexity index is 1160. The van der Waals surface area contributed by atoms with Crippen LogP contribution in [0.25, 0.3) is 17.0 Å². The lowest BCUT2D eigenvalue weighted by Crippen LogP contribution is -2.30. The van der Waals surface area contributed by atoms with Gasteiger partial charge in [0.25, 0.3) is 5.91 Å². The number of amides is 1. The molecule has 2 heterocycles. The van der Waals surface area contributed by atoms with Gasteiger partial charge in [-0.05, 0) is 30.7 Å². The van der Waals surface area contributed by atoms with Crippen molar-refractivity contribution in [3.8, 4) is 11.5 Å². The lowest BCUT2D eigenvalue weighted by molar-refractivity contribution is -0.123. The molecule has 0 bridgehead atoms. The molecule has 0 spiro atoms. The third kappa shape index (κ3) is 4.46. The molecule has 7 heteroatoms. The van der Waals surface area contributed by atoms with Gasteiger partial charge in [0.05, 0.1) is 5.56 Å². The Kier molecular flexibility index (Phi) is 6.04. The predicted molar refractivity (Wildman–Crippen MR) is 117 cm³/mol. The van der Waals surface area contributed by atoms with E-state index in [1.165, 1.54) is 0 Å². The zero-order valence-corrected chi connectivity index (χ0v) is 17.5. The van der Waals surface area contributed by atoms with Crippen LogP contribution < -0.4 is 14.8 Å². The first kappa shape index (κ1) is 20.7. The Morgan fingerprint density at radius 2 is 2.06 bits per heavy atom. The van der Waals surface area contributed by atoms with Gasteiger partial charge in [-0.1, -0.05) is 18.2 Å². The molecule has 160 valence electrons. The van der Waals surface area contributed by atoms with Crippen molar-refractivity contribution in [3.63, 3.8) is 0 Å². The van der Waals surface area contributed by atoms with E-state index in [0.717, 1.165) is 22.9 Å². The number of hydrogen-bond donors (Lipinski definition) is 1. The number of ether oxygens (including phenoxy) is 3. The first-order chi connectivity index (χ1) is 15.1. The van der Waals surface area contributed by atoms with Crippen molar-refractivity contribution in [1.29, 1.82) is 0 Å². The highest BCUT2D eigenvalue weighted by atomic mass is 16.5. The second-order valence-electron chi connectivity index (χ2n) is 7.30. The Hall–Kier alpha value is -3.58. The van der Waals surface area contributed by atoms with Gasteiger partial charge in [-0.25, -0.2) is 0 Å². The van der Waals surface area contributed by atoms with E-state index in [4.69, 9.17) is 14.2 Å². The van der Waals surface area contributed by atoms with E-state index in [1.54, 1.807) is 31.4 Å². The summed E-state index contributed by atoms with van der Waals surface area (Å²) in [4.78, 5) is 24.6. The quantitative estimate of drug-likeness (QED) is 0.447. The third-order valence-electron chi connectivity index (χ3n) is 5.07. The van der Waals surface area contributed by atoms with Crippen LogP contribution in [0.4, 0.5) is 0 Å². The molecule has 1 aliphatic rings. The summed E-state index contributed by atoms with van der Waals surface area (Å²) in [6, 6.07) is 12.9. The second-order valence-corrected chi connectivity index (χ2v) is 7.30. The number of para-hydroxylation sites is 1. The minimum atomic E-state index is -0.217.